The summed E-state index contributed by atoms with van der Waals surface area (Å²) in [6, 6.07) is 7.49. The van der Waals surface area contributed by atoms with Crippen LogP contribution >= 0.6 is 0 Å². The molecule has 6 heteroatoms. The minimum Gasteiger partial charge on any atom is -0.492 e. The van der Waals surface area contributed by atoms with Crippen LogP contribution in [0.5, 0.6) is 5.75 Å². The van der Waals surface area contributed by atoms with E-state index in [4.69, 9.17) is 4.74 Å². The molecule has 0 spiro atoms. The van der Waals surface area contributed by atoms with Crippen molar-refractivity contribution in [2.75, 3.05) is 39.3 Å². The standard InChI is InChI=1S/C23H33FN2O3/c1-19(2)22(5-3-11-24)26-14-12-25(13-15-26)16-18-29-21-9-7-20(8-10-21)23(28)6-4-17-27/h3,7-11,17,19,22H,4-6,12-16,18H2,1-2H3/b11-3+. The van der Waals surface area contributed by atoms with Gasteiger partial charge in [0.05, 0.1) is 6.33 Å². The number of carbonyl (C=O) groups excluding carboxylic acids is 2. The van der Waals surface area contributed by atoms with E-state index in [0.717, 1.165) is 51.2 Å². The predicted octanol–water partition coefficient (Wildman–Crippen LogP) is 3.74. The van der Waals surface area contributed by atoms with E-state index in [1.165, 1.54) is 0 Å². The molecule has 0 aliphatic carbocycles. The molecule has 1 aliphatic rings. The summed E-state index contributed by atoms with van der Waals surface area (Å²) in [5.41, 5.74) is 0.609. The van der Waals surface area contributed by atoms with Gasteiger partial charge in [-0.3, -0.25) is 14.6 Å². The number of carbonyl (C=O) groups is 2. The van der Waals surface area contributed by atoms with Crippen molar-refractivity contribution >= 4 is 12.1 Å². The number of aldehydes is 1. The number of benzene rings is 1. The summed E-state index contributed by atoms with van der Waals surface area (Å²) in [6.45, 7) is 9.77. The second kappa shape index (κ2) is 12.5. The maximum absolute atomic E-state index is 12.4. The van der Waals surface area contributed by atoms with Gasteiger partial charge in [-0.1, -0.05) is 19.9 Å². The Kier molecular flexibility index (Phi) is 10.0. The Morgan fingerprint density at radius 1 is 1.17 bits per heavy atom. The Morgan fingerprint density at radius 2 is 1.86 bits per heavy atom. The number of rotatable bonds is 12. The summed E-state index contributed by atoms with van der Waals surface area (Å²) >= 11 is 0. The fraction of sp³-hybridized carbons (Fsp3) is 0.565. The monoisotopic (exact) mass is 404 g/mol. The molecule has 1 saturated heterocycles. The van der Waals surface area contributed by atoms with Crippen LogP contribution < -0.4 is 4.74 Å². The second-order valence-corrected chi connectivity index (χ2v) is 7.79. The van der Waals surface area contributed by atoms with Crippen LogP contribution in [0.1, 0.15) is 43.5 Å². The van der Waals surface area contributed by atoms with Crippen molar-refractivity contribution in [2.45, 2.75) is 39.2 Å². The van der Waals surface area contributed by atoms with Gasteiger partial charge < -0.3 is 9.53 Å². The molecule has 0 bridgehead atoms. The molecule has 1 aliphatic heterocycles. The highest BCUT2D eigenvalue weighted by atomic mass is 19.1. The summed E-state index contributed by atoms with van der Waals surface area (Å²) in [6.07, 6.45) is 4.29. The topological polar surface area (TPSA) is 49.9 Å². The first-order valence-electron chi connectivity index (χ1n) is 10.5. The molecule has 0 amide bonds. The van der Waals surface area contributed by atoms with Crippen LogP contribution in [0.2, 0.25) is 0 Å². The number of halogens is 1. The lowest BCUT2D eigenvalue weighted by atomic mass is 9.98. The van der Waals surface area contributed by atoms with Gasteiger partial charge in [0.25, 0.3) is 0 Å². The van der Waals surface area contributed by atoms with Gasteiger partial charge in [-0.15, -0.1) is 0 Å². The third kappa shape index (κ3) is 7.71. The molecule has 1 aromatic carbocycles. The Hall–Kier alpha value is -2.05. The van der Waals surface area contributed by atoms with E-state index < -0.39 is 0 Å². The Labute approximate surface area is 173 Å². The molecule has 1 unspecified atom stereocenters. The summed E-state index contributed by atoms with van der Waals surface area (Å²) in [5.74, 6) is 1.21. The van der Waals surface area contributed by atoms with Crippen LogP contribution in [-0.2, 0) is 4.79 Å². The van der Waals surface area contributed by atoms with Crippen molar-refractivity contribution in [3.63, 3.8) is 0 Å². The van der Waals surface area contributed by atoms with Gasteiger partial charge in [0.1, 0.15) is 18.6 Å². The average Bonchev–Trinajstić information content (AvgIpc) is 2.73. The van der Waals surface area contributed by atoms with Gasteiger partial charge in [0.15, 0.2) is 5.78 Å². The largest absolute Gasteiger partial charge is 0.492 e. The molecule has 2 rings (SSSR count). The third-order valence-electron chi connectivity index (χ3n) is 5.45. The first kappa shape index (κ1) is 23.2. The fourth-order valence-electron chi connectivity index (χ4n) is 3.72. The summed E-state index contributed by atoms with van der Waals surface area (Å²) in [4.78, 5) is 27.1. The van der Waals surface area contributed by atoms with Crippen molar-refractivity contribution in [2.24, 2.45) is 5.92 Å². The van der Waals surface area contributed by atoms with E-state index in [1.54, 1.807) is 30.3 Å². The molecule has 29 heavy (non-hydrogen) atoms. The fourth-order valence-corrected chi connectivity index (χ4v) is 3.72. The minimum absolute atomic E-state index is 0.0248. The van der Waals surface area contributed by atoms with E-state index in [1.807, 2.05) is 0 Å². The minimum atomic E-state index is -0.0248. The van der Waals surface area contributed by atoms with Gasteiger partial charge in [-0.2, -0.15) is 0 Å². The highest BCUT2D eigenvalue weighted by Gasteiger charge is 2.25. The van der Waals surface area contributed by atoms with Crippen molar-refractivity contribution in [1.29, 1.82) is 0 Å². The van der Waals surface area contributed by atoms with E-state index in [2.05, 4.69) is 23.6 Å². The second-order valence-electron chi connectivity index (χ2n) is 7.79. The van der Waals surface area contributed by atoms with E-state index >= 15 is 0 Å². The number of ketones is 1. The molecule has 0 N–H and O–H groups in total. The maximum atomic E-state index is 12.4. The molecule has 1 aromatic rings. The zero-order chi connectivity index (χ0) is 21.1. The van der Waals surface area contributed by atoms with Crippen LogP contribution in [0.25, 0.3) is 0 Å². The Balaban J connectivity index is 1.71. The van der Waals surface area contributed by atoms with Gasteiger partial charge in [-0.25, -0.2) is 4.39 Å². The van der Waals surface area contributed by atoms with Crippen LogP contribution in [0, 0.1) is 5.92 Å². The Morgan fingerprint density at radius 3 is 2.45 bits per heavy atom. The van der Waals surface area contributed by atoms with Crippen LogP contribution in [0.3, 0.4) is 0 Å². The highest BCUT2D eigenvalue weighted by molar-refractivity contribution is 5.96. The first-order chi connectivity index (χ1) is 14.0. The summed E-state index contributed by atoms with van der Waals surface area (Å²) in [5, 5.41) is 0. The Bertz CT molecular complexity index is 653. The van der Waals surface area contributed by atoms with E-state index in [0.29, 0.717) is 30.5 Å². The molecule has 5 nitrogen and oxygen atoms in total. The number of hydrogen-bond donors (Lipinski definition) is 0. The SMILES string of the molecule is CC(C)C(C/C=C/F)N1CCN(CCOc2ccc(C(=O)CCC=O)cc2)CC1. The predicted molar refractivity (Wildman–Crippen MR) is 113 cm³/mol. The maximum Gasteiger partial charge on any atom is 0.163 e. The lowest BCUT2D eigenvalue weighted by molar-refractivity contribution is -0.107. The van der Waals surface area contributed by atoms with Crippen molar-refractivity contribution < 1.29 is 18.7 Å². The lowest BCUT2D eigenvalue weighted by Crippen LogP contribution is -2.52. The molecule has 0 saturated carbocycles. The molecule has 1 atom stereocenters. The van der Waals surface area contributed by atoms with Gasteiger partial charge in [0, 0.05) is 57.2 Å². The van der Waals surface area contributed by atoms with Crippen LogP contribution in [-0.4, -0.2) is 67.2 Å². The first-order valence-corrected chi connectivity index (χ1v) is 10.5. The molecular weight excluding hydrogens is 371 g/mol. The number of nitrogens with zero attached hydrogens (tertiary/aromatic N) is 2. The molecule has 160 valence electrons. The van der Waals surface area contributed by atoms with Gasteiger partial charge >= 0.3 is 0 Å². The van der Waals surface area contributed by atoms with Gasteiger partial charge in [0.2, 0.25) is 0 Å². The quantitative estimate of drug-likeness (QED) is 0.392. The smallest absolute Gasteiger partial charge is 0.163 e. The number of Topliss-reactive ketones (excluding diaryl/α,β-unsaturated/α-hetero) is 1. The average molecular weight is 405 g/mol. The van der Waals surface area contributed by atoms with E-state index in [-0.39, 0.29) is 18.6 Å². The zero-order valence-electron chi connectivity index (χ0n) is 17.6. The molecular formula is C23H33FN2O3. The molecule has 0 radical (unpaired) electrons. The summed E-state index contributed by atoms with van der Waals surface area (Å²) in [7, 11) is 0. The van der Waals surface area contributed by atoms with Crippen LogP contribution in [0.15, 0.2) is 36.7 Å². The summed E-state index contributed by atoms with van der Waals surface area (Å²) < 4.78 is 18.2. The van der Waals surface area contributed by atoms with E-state index in [9.17, 15) is 14.0 Å². The number of piperazine rings is 1. The van der Waals surface area contributed by atoms with Crippen molar-refractivity contribution in [3.8, 4) is 5.75 Å². The molecule has 1 fully saturated rings. The van der Waals surface area contributed by atoms with Crippen molar-refractivity contribution in [1.82, 2.24) is 9.80 Å². The highest BCUT2D eigenvalue weighted by Crippen LogP contribution is 2.18. The number of ether oxygens (including phenoxy) is 1. The molecule has 1 heterocycles. The van der Waals surface area contributed by atoms with Crippen molar-refractivity contribution in [3.05, 3.63) is 42.2 Å². The van der Waals surface area contributed by atoms with Gasteiger partial charge in [-0.05, 0) is 36.6 Å². The zero-order valence-corrected chi connectivity index (χ0v) is 17.6. The normalized spacial score (nSPS) is 17.0. The lowest BCUT2D eigenvalue weighted by Gasteiger charge is -2.40. The van der Waals surface area contributed by atoms with Crippen LogP contribution in [0.4, 0.5) is 4.39 Å². The molecule has 0 aromatic heterocycles. The third-order valence-corrected chi connectivity index (χ3v) is 5.45. The number of hydrogen-bond acceptors (Lipinski definition) is 5.